The van der Waals surface area contributed by atoms with Crippen LogP contribution in [-0.4, -0.2) is 25.5 Å². The van der Waals surface area contributed by atoms with Gasteiger partial charge in [-0.2, -0.15) is 10.2 Å². The summed E-state index contributed by atoms with van der Waals surface area (Å²) in [6.07, 6.45) is 3.37. The number of rotatable bonds is 4. The van der Waals surface area contributed by atoms with Crippen LogP contribution >= 0.6 is 27.5 Å². The van der Waals surface area contributed by atoms with Gasteiger partial charge in [0, 0.05) is 18.3 Å². The Kier molecular flexibility index (Phi) is 4.73. The third-order valence-corrected chi connectivity index (χ3v) is 4.86. The van der Waals surface area contributed by atoms with Crippen molar-refractivity contribution in [2.75, 3.05) is 5.32 Å². The maximum Gasteiger partial charge on any atom is 0.275 e. The summed E-state index contributed by atoms with van der Waals surface area (Å²) in [6, 6.07) is 7.59. The fourth-order valence-corrected chi connectivity index (χ4v) is 3.10. The first kappa shape index (κ1) is 16.7. The minimum Gasteiger partial charge on any atom is -0.318 e. The molecule has 0 spiro atoms. The van der Waals surface area contributed by atoms with Crippen LogP contribution in [0.15, 0.2) is 41.1 Å². The number of aromatic nitrogens is 4. The molecular weight excluding hydrogens is 394 g/mol. The highest BCUT2D eigenvalue weighted by molar-refractivity contribution is 9.10. The maximum absolute atomic E-state index is 12.4. The third-order valence-electron chi connectivity index (χ3n) is 3.55. The third kappa shape index (κ3) is 3.37. The average molecular weight is 409 g/mol. The number of amides is 1. The van der Waals surface area contributed by atoms with Gasteiger partial charge in [0.2, 0.25) is 0 Å². The summed E-state index contributed by atoms with van der Waals surface area (Å²) in [5, 5.41) is 12.0. The zero-order valence-electron chi connectivity index (χ0n) is 13.1. The molecule has 6 nitrogen and oxygen atoms in total. The first-order valence-electron chi connectivity index (χ1n) is 7.22. The Hall–Kier alpha value is -2.12. The molecule has 0 saturated carbocycles. The number of anilines is 1. The van der Waals surface area contributed by atoms with Gasteiger partial charge in [0.1, 0.15) is 5.69 Å². The number of hydrogen-bond donors (Lipinski definition) is 1. The minimum absolute atomic E-state index is 0.248. The van der Waals surface area contributed by atoms with Gasteiger partial charge in [-0.05, 0) is 34.5 Å². The Labute approximate surface area is 152 Å². The molecule has 0 radical (unpaired) electrons. The molecule has 0 aliphatic carbocycles. The highest BCUT2D eigenvalue weighted by atomic mass is 79.9. The van der Waals surface area contributed by atoms with Crippen LogP contribution in [0.2, 0.25) is 5.02 Å². The predicted octanol–water partition coefficient (Wildman–Crippen LogP) is 3.64. The molecule has 1 amide bonds. The van der Waals surface area contributed by atoms with Crippen LogP contribution in [0, 0.1) is 6.92 Å². The Bertz CT molecular complexity index is 902. The van der Waals surface area contributed by atoms with Crippen LogP contribution in [0.3, 0.4) is 0 Å². The van der Waals surface area contributed by atoms with Gasteiger partial charge in [-0.1, -0.05) is 29.8 Å². The minimum atomic E-state index is -0.248. The van der Waals surface area contributed by atoms with E-state index in [2.05, 4.69) is 31.4 Å². The Morgan fingerprint density at radius 2 is 2.12 bits per heavy atom. The molecule has 3 aromatic rings. The fraction of sp³-hybridized carbons (Fsp3) is 0.188. The molecule has 2 heterocycles. The highest BCUT2D eigenvalue weighted by Crippen LogP contribution is 2.22. The van der Waals surface area contributed by atoms with Gasteiger partial charge in [0.25, 0.3) is 5.91 Å². The topological polar surface area (TPSA) is 64.7 Å². The number of benzene rings is 1. The van der Waals surface area contributed by atoms with Crippen molar-refractivity contribution in [2.24, 2.45) is 7.05 Å². The largest absolute Gasteiger partial charge is 0.318 e. The molecular formula is C16H15BrClN5O. The second-order valence-corrected chi connectivity index (χ2v) is 6.54. The molecule has 0 saturated heterocycles. The lowest BCUT2D eigenvalue weighted by molar-refractivity contribution is 0.101. The van der Waals surface area contributed by atoms with E-state index >= 15 is 0 Å². The van der Waals surface area contributed by atoms with Crippen LogP contribution in [0.1, 0.15) is 21.7 Å². The van der Waals surface area contributed by atoms with Crippen LogP contribution < -0.4 is 5.32 Å². The van der Waals surface area contributed by atoms with Crippen LogP contribution in [0.25, 0.3) is 0 Å². The molecule has 0 aliphatic rings. The number of carbonyl (C=O) groups excluding carboxylic acids is 1. The van der Waals surface area contributed by atoms with Gasteiger partial charge >= 0.3 is 0 Å². The number of halogens is 2. The molecule has 3 rings (SSSR count). The van der Waals surface area contributed by atoms with E-state index in [1.165, 1.54) is 0 Å². The first-order valence-corrected chi connectivity index (χ1v) is 8.39. The average Bonchev–Trinajstić information content (AvgIpc) is 3.06. The highest BCUT2D eigenvalue weighted by Gasteiger charge is 2.18. The molecule has 8 heteroatoms. The van der Waals surface area contributed by atoms with Gasteiger partial charge < -0.3 is 5.32 Å². The molecule has 1 N–H and O–H groups in total. The summed E-state index contributed by atoms with van der Waals surface area (Å²) in [7, 11) is 1.73. The SMILES string of the molecule is Cc1nn(C)c(C(=O)Nc2cnn(Cc3ccccc3Cl)c2)c1Br. The van der Waals surface area contributed by atoms with Gasteiger partial charge in [-0.3, -0.25) is 14.2 Å². The summed E-state index contributed by atoms with van der Waals surface area (Å²) >= 11 is 9.55. The van der Waals surface area contributed by atoms with E-state index in [0.29, 0.717) is 27.4 Å². The van der Waals surface area contributed by atoms with E-state index in [-0.39, 0.29) is 5.91 Å². The van der Waals surface area contributed by atoms with Crippen molar-refractivity contribution in [2.45, 2.75) is 13.5 Å². The fourth-order valence-electron chi connectivity index (χ4n) is 2.38. The van der Waals surface area contributed by atoms with Gasteiger partial charge in [0.15, 0.2) is 0 Å². The van der Waals surface area contributed by atoms with Crippen molar-refractivity contribution in [3.63, 3.8) is 0 Å². The number of aryl methyl sites for hydroxylation is 2. The Morgan fingerprint density at radius 1 is 1.38 bits per heavy atom. The summed E-state index contributed by atoms with van der Waals surface area (Å²) in [6.45, 7) is 2.37. The summed E-state index contributed by atoms with van der Waals surface area (Å²) in [5.41, 5.74) is 2.80. The quantitative estimate of drug-likeness (QED) is 0.717. The van der Waals surface area contributed by atoms with Crippen LogP contribution in [0.5, 0.6) is 0 Å². The first-order chi connectivity index (χ1) is 11.5. The second-order valence-electron chi connectivity index (χ2n) is 5.34. The molecule has 0 atom stereocenters. The van der Waals surface area contributed by atoms with Crippen molar-refractivity contribution in [1.82, 2.24) is 19.6 Å². The molecule has 2 aromatic heterocycles. The number of nitrogens with one attached hydrogen (secondary N) is 1. The monoisotopic (exact) mass is 407 g/mol. The van der Waals surface area contributed by atoms with E-state index in [9.17, 15) is 4.79 Å². The normalized spacial score (nSPS) is 10.8. The van der Waals surface area contributed by atoms with Crippen molar-refractivity contribution in [1.29, 1.82) is 0 Å². The van der Waals surface area contributed by atoms with Gasteiger partial charge in [0.05, 0.1) is 28.6 Å². The molecule has 24 heavy (non-hydrogen) atoms. The Morgan fingerprint density at radius 3 is 2.79 bits per heavy atom. The summed E-state index contributed by atoms with van der Waals surface area (Å²) in [4.78, 5) is 12.4. The summed E-state index contributed by atoms with van der Waals surface area (Å²) in [5.74, 6) is -0.248. The van der Waals surface area contributed by atoms with Crippen LogP contribution in [-0.2, 0) is 13.6 Å². The van der Waals surface area contributed by atoms with Crippen molar-refractivity contribution in [3.05, 3.63) is 63.1 Å². The van der Waals surface area contributed by atoms with E-state index in [1.807, 2.05) is 31.2 Å². The standard InChI is InChI=1S/C16H15BrClN5O/c1-10-14(17)15(22(2)21-10)16(24)20-12-7-19-23(9-12)8-11-5-3-4-6-13(11)18/h3-7,9H,8H2,1-2H3,(H,20,24). The zero-order chi connectivity index (χ0) is 17.3. The Balaban J connectivity index is 1.74. The molecule has 0 bridgehead atoms. The number of nitrogens with zero attached hydrogens (tertiary/aromatic N) is 4. The molecule has 1 aromatic carbocycles. The lowest BCUT2D eigenvalue weighted by Gasteiger charge is -2.05. The predicted molar refractivity (Wildman–Crippen MR) is 96.4 cm³/mol. The maximum atomic E-state index is 12.4. The van der Waals surface area contributed by atoms with E-state index < -0.39 is 0 Å². The molecule has 0 aliphatic heterocycles. The van der Waals surface area contributed by atoms with Crippen molar-refractivity contribution < 1.29 is 4.79 Å². The van der Waals surface area contributed by atoms with E-state index in [0.717, 1.165) is 11.3 Å². The molecule has 0 unspecified atom stereocenters. The smallest absolute Gasteiger partial charge is 0.275 e. The van der Waals surface area contributed by atoms with Crippen molar-refractivity contribution >= 4 is 39.1 Å². The number of carbonyl (C=O) groups is 1. The van der Waals surface area contributed by atoms with Gasteiger partial charge in [-0.15, -0.1) is 0 Å². The second kappa shape index (κ2) is 6.78. The number of hydrogen-bond acceptors (Lipinski definition) is 3. The van der Waals surface area contributed by atoms with E-state index in [4.69, 9.17) is 11.6 Å². The van der Waals surface area contributed by atoms with Crippen molar-refractivity contribution in [3.8, 4) is 0 Å². The van der Waals surface area contributed by atoms with E-state index in [1.54, 1.807) is 28.8 Å². The molecule has 0 fully saturated rings. The van der Waals surface area contributed by atoms with Gasteiger partial charge in [-0.25, -0.2) is 0 Å². The zero-order valence-corrected chi connectivity index (χ0v) is 15.5. The summed E-state index contributed by atoms with van der Waals surface area (Å²) < 4.78 is 3.95. The van der Waals surface area contributed by atoms with Crippen LogP contribution in [0.4, 0.5) is 5.69 Å². The lowest BCUT2D eigenvalue weighted by atomic mass is 10.2. The lowest BCUT2D eigenvalue weighted by Crippen LogP contribution is -2.16. The molecule has 124 valence electrons.